The Kier molecular flexibility index (Phi) is 9.70. The number of unbranched alkanes of at least 4 members (excludes halogenated alkanes) is 3. The molecule has 0 saturated heterocycles. The molecule has 0 amide bonds. The van der Waals surface area contributed by atoms with Crippen molar-refractivity contribution >= 4 is 11.8 Å². The molecule has 1 heteroatoms. The lowest BCUT2D eigenvalue weighted by Crippen LogP contribution is -1.91. The van der Waals surface area contributed by atoms with E-state index in [1.807, 2.05) is 11.8 Å². The van der Waals surface area contributed by atoms with Crippen LogP contribution in [0.25, 0.3) is 0 Å². The molecule has 0 N–H and O–H groups in total. The summed E-state index contributed by atoms with van der Waals surface area (Å²) in [5, 5.41) is 0. The zero-order valence-electron chi connectivity index (χ0n) is 10.1. The molecule has 14 heavy (non-hydrogen) atoms. The molecule has 0 atom stereocenters. The third-order valence-corrected chi connectivity index (χ3v) is 3.02. The molecule has 0 saturated carbocycles. The number of allylic oxidation sites excluding steroid dienone is 1. The molecule has 0 aromatic rings. The van der Waals surface area contributed by atoms with Gasteiger partial charge in [0.25, 0.3) is 0 Å². The lowest BCUT2D eigenvalue weighted by Gasteiger charge is -2.07. The highest BCUT2D eigenvalue weighted by Gasteiger charge is 1.98. The monoisotopic (exact) mass is 214 g/mol. The van der Waals surface area contributed by atoms with E-state index in [4.69, 9.17) is 0 Å². The second-order valence-corrected chi connectivity index (χ2v) is 5.49. The minimum atomic E-state index is 0.777. The van der Waals surface area contributed by atoms with E-state index in [9.17, 15) is 0 Å². The fourth-order valence-corrected chi connectivity index (χ4v) is 2.15. The predicted molar refractivity (Wildman–Crippen MR) is 70.1 cm³/mol. The molecule has 0 heterocycles. The summed E-state index contributed by atoms with van der Waals surface area (Å²) in [4.78, 5) is 0. The largest absolute Gasteiger partial charge is 0.165 e. The van der Waals surface area contributed by atoms with Crippen molar-refractivity contribution in [3.8, 4) is 0 Å². The summed E-state index contributed by atoms with van der Waals surface area (Å²) in [7, 11) is 0. The van der Waals surface area contributed by atoms with Gasteiger partial charge in [0.2, 0.25) is 0 Å². The Bertz CT molecular complexity index is 138. The topological polar surface area (TPSA) is 0 Å². The molecule has 0 aliphatic rings. The fraction of sp³-hybridized carbons (Fsp3) is 0.846. The first kappa shape index (κ1) is 14.1. The molecule has 0 unspecified atom stereocenters. The van der Waals surface area contributed by atoms with Gasteiger partial charge in [-0.05, 0) is 43.6 Å². The van der Waals surface area contributed by atoms with Gasteiger partial charge in [-0.15, -0.1) is 0 Å². The maximum absolute atomic E-state index is 4.12. The van der Waals surface area contributed by atoms with Gasteiger partial charge < -0.3 is 0 Å². The van der Waals surface area contributed by atoms with Gasteiger partial charge in [0.05, 0.1) is 0 Å². The van der Waals surface area contributed by atoms with Crippen molar-refractivity contribution in [1.29, 1.82) is 0 Å². The maximum Gasteiger partial charge on any atom is -0.00703 e. The number of hydrogen-bond acceptors (Lipinski definition) is 1. The van der Waals surface area contributed by atoms with E-state index >= 15 is 0 Å². The lowest BCUT2D eigenvalue weighted by atomic mass is 9.99. The van der Waals surface area contributed by atoms with Gasteiger partial charge in [0.15, 0.2) is 0 Å². The van der Waals surface area contributed by atoms with Crippen LogP contribution >= 0.6 is 11.8 Å². The van der Waals surface area contributed by atoms with Crippen LogP contribution in [-0.2, 0) is 0 Å². The van der Waals surface area contributed by atoms with Crippen molar-refractivity contribution in [2.75, 3.05) is 12.0 Å². The third-order valence-electron chi connectivity index (χ3n) is 2.33. The lowest BCUT2D eigenvalue weighted by molar-refractivity contribution is 0.600. The molecule has 0 nitrogen and oxygen atoms in total. The fourth-order valence-electron chi connectivity index (χ4n) is 1.65. The predicted octanol–water partition coefficient (Wildman–Crippen LogP) is 4.90. The average Bonchev–Trinajstić information content (AvgIpc) is 2.10. The highest BCUT2D eigenvalue weighted by molar-refractivity contribution is 7.98. The highest BCUT2D eigenvalue weighted by atomic mass is 32.2. The first-order valence-electron chi connectivity index (χ1n) is 5.82. The van der Waals surface area contributed by atoms with Crippen LogP contribution in [0.2, 0.25) is 0 Å². The Labute approximate surface area is 94.6 Å². The summed E-state index contributed by atoms with van der Waals surface area (Å²) in [5.41, 5.74) is 1.45. The van der Waals surface area contributed by atoms with E-state index in [2.05, 4.69) is 26.7 Å². The van der Waals surface area contributed by atoms with Crippen LogP contribution in [0.15, 0.2) is 12.2 Å². The SMILES string of the molecule is C=C(CCCCCCSC)CC(C)C. The Morgan fingerprint density at radius 3 is 2.36 bits per heavy atom. The normalized spacial score (nSPS) is 10.9. The zero-order valence-corrected chi connectivity index (χ0v) is 11.0. The zero-order chi connectivity index (χ0) is 10.8. The van der Waals surface area contributed by atoms with Crippen LogP contribution in [0.1, 0.15) is 52.4 Å². The Balaban J connectivity index is 3.15. The van der Waals surface area contributed by atoms with Crippen LogP contribution in [0.4, 0.5) is 0 Å². The van der Waals surface area contributed by atoms with Crippen molar-refractivity contribution in [2.24, 2.45) is 5.92 Å². The van der Waals surface area contributed by atoms with Crippen molar-refractivity contribution in [3.63, 3.8) is 0 Å². The number of thioether (sulfide) groups is 1. The van der Waals surface area contributed by atoms with Crippen LogP contribution < -0.4 is 0 Å². The summed E-state index contributed by atoms with van der Waals surface area (Å²) >= 11 is 1.96. The minimum Gasteiger partial charge on any atom is -0.165 e. The molecule has 0 aromatic carbocycles. The van der Waals surface area contributed by atoms with Crippen LogP contribution in [0, 0.1) is 5.92 Å². The first-order chi connectivity index (χ1) is 6.66. The summed E-state index contributed by atoms with van der Waals surface area (Å²) < 4.78 is 0. The first-order valence-corrected chi connectivity index (χ1v) is 7.21. The van der Waals surface area contributed by atoms with E-state index in [0.29, 0.717) is 0 Å². The molecular formula is C13H26S. The molecule has 0 fully saturated rings. The molecule has 0 aromatic heterocycles. The van der Waals surface area contributed by atoms with Crippen LogP contribution in [-0.4, -0.2) is 12.0 Å². The highest BCUT2D eigenvalue weighted by Crippen LogP contribution is 2.16. The standard InChI is InChI=1S/C13H26S/c1-12(2)11-13(3)9-7-5-6-8-10-14-4/h12H,3,5-11H2,1-2,4H3. The van der Waals surface area contributed by atoms with Crippen LogP contribution in [0.5, 0.6) is 0 Å². The summed E-state index contributed by atoms with van der Waals surface area (Å²) in [5.74, 6) is 2.10. The second-order valence-electron chi connectivity index (χ2n) is 4.50. The maximum atomic E-state index is 4.12. The van der Waals surface area contributed by atoms with E-state index in [-0.39, 0.29) is 0 Å². The quantitative estimate of drug-likeness (QED) is 0.388. The van der Waals surface area contributed by atoms with Gasteiger partial charge in [0.1, 0.15) is 0 Å². The Morgan fingerprint density at radius 1 is 1.14 bits per heavy atom. The van der Waals surface area contributed by atoms with Gasteiger partial charge in [0, 0.05) is 0 Å². The smallest absolute Gasteiger partial charge is 0.00703 e. The number of rotatable bonds is 9. The van der Waals surface area contributed by atoms with Crippen LogP contribution in [0.3, 0.4) is 0 Å². The van der Waals surface area contributed by atoms with Crippen molar-refractivity contribution in [2.45, 2.75) is 52.4 Å². The average molecular weight is 214 g/mol. The van der Waals surface area contributed by atoms with Crippen molar-refractivity contribution in [1.82, 2.24) is 0 Å². The summed E-state index contributed by atoms with van der Waals surface area (Å²) in [6.45, 7) is 8.66. The van der Waals surface area contributed by atoms with Gasteiger partial charge in [-0.25, -0.2) is 0 Å². The molecule has 0 aliphatic carbocycles. The molecule has 0 spiro atoms. The molecule has 0 rings (SSSR count). The third kappa shape index (κ3) is 10.2. The van der Waals surface area contributed by atoms with Gasteiger partial charge in [-0.1, -0.05) is 38.8 Å². The van der Waals surface area contributed by atoms with E-state index in [1.165, 1.54) is 49.9 Å². The van der Waals surface area contributed by atoms with Crippen molar-refractivity contribution in [3.05, 3.63) is 12.2 Å². The Hall–Kier alpha value is 0.0900. The Morgan fingerprint density at radius 2 is 1.79 bits per heavy atom. The molecule has 84 valence electrons. The van der Waals surface area contributed by atoms with Crippen molar-refractivity contribution < 1.29 is 0 Å². The molecule has 0 bridgehead atoms. The number of hydrogen-bond donors (Lipinski definition) is 0. The van der Waals surface area contributed by atoms with Gasteiger partial charge in [-0.2, -0.15) is 11.8 Å². The van der Waals surface area contributed by atoms with E-state index < -0.39 is 0 Å². The molecule has 0 radical (unpaired) electrons. The molecule has 0 aliphatic heterocycles. The summed E-state index contributed by atoms with van der Waals surface area (Å²) in [6.07, 6.45) is 10.2. The van der Waals surface area contributed by atoms with E-state index in [0.717, 1.165) is 5.92 Å². The summed E-state index contributed by atoms with van der Waals surface area (Å²) in [6, 6.07) is 0. The second kappa shape index (κ2) is 9.64. The van der Waals surface area contributed by atoms with Gasteiger partial charge >= 0.3 is 0 Å². The minimum absolute atomic E-state index is 0.777. The van der Waals surface area contributed by atoms with E-state index in [1.54, 1.807) is 0 Å². The van der Waals surface area contributed by atoms with Gasteiger partial charge in [-0.3, -0.25) is 0 Å². The molecular weight excluding hydrogens is 188 g/mol.